The van der Waals surface area contributed by atoms with Crippen molar-refractivity contribution >= 4 is 28.6 Å². The molecule has 0 N–H and O–H groups in total. The number of unbranched alkanes of at least 4 members (excludes halogenated alkanes) is 1. The van der Waals surface area contributed by atoms with E-state index in [-0.39, 0.29) is 5.82 Å². The molecular weight excluding hydrogens is 320 g/mol. The third-order valence-electron chi connectivity index (χ3n) is 2.23. The molecule has 0 radical (unpaired) electrons. The summed E-state index contributed by atoms with van der Waals surface area (Å²) in [4.78, 5) is 0. The minimum absolute atomic E-state index is 0.311. The molecule has 16 heavy (non-hydrogen) atoms. The maximum Gasteiger partial charge on any atom is 0.165 e. The summed E-state index contributed by atoms with van der Waals surface area (Å²) in [6, 6.07) is 4.82. The molecule has 0 saturated carbocycles. The van der Waals surface area contributed by atoms with Gasteiger partial charge in [-0.2, -0.15) is 0 Å². The summed E-state index contributed by atoms with van der Waals surface area (Å²) in [6.45, 7) is 4.51. The van der Waals surface area contributed by atoms with E-state index in [0.717, 1.165) is 24.1 Å². The van der Waals surface area contributed by atoms with E-state index >= 15 is 0 Å². The Labute approximate surface area is 109 Å². The lowest BCUT2D eigenvalue weighted by atomic mass is 10.1. The van der Waals surface area contributed by atoms with E-state index in [1.54, 1.807) is 12.1 Å². The molecule has 1 aromatic rings. The van der Waals surface area contributed by atoms with Crippen LogP contribution in [-0.2, 0) is 0 Å². The minimum atomic E-state index is -0.318. The summed E-state index contributed by atoms with van der Waals surface area (Å²) in [5, 5.41) is 0. The summed E-state index contributed by atoms with van der Waals surface area (Å²) in [5.41, 5.74) is 1.75. The Hall–Kier alpha value is -0.650. The first-order chi connectivity index (χ1) is 7.69. The lowest BCUT2D eigenvalue weighted by molar-refractivity contribution is 0.294. The van der Waals surface area contributed by atoms with E-state index in [4.69, 9.17) is 4.74 Å². The molecule has 4 heteroatoms. The van der Waals surface area contributed by atoms with E-state index in [1.165, 1.54) is 6.07 Å². The van der Waals surface area contributed by atoms with E-state index in [1.807, 2.05) is 29.8 Å². The average molecular weight is 335 g/mol. The Kier molecular flexibility index (Phi) is 5.73. The zero-order valence-electron chi connectivity index (χ0n) is 9.46. The van der Waals surface area contributed by atoms with Crippen molar-refractivity contribution in [3.63, 3.8) is 0 Å². The van der Waals surface area contributed by atoms with Crippen LogP contribution in [-0.4, -0.2) is 12.3 Å². The van der Waals surface area contributed by atoms with Gasteiger partial charge in [-0.3, -0.25) is 0 Å². The third-order valence-corrected chi connectivity index (χ3v) is 2.95. The van der Waals surface area contributed by atoms with Crippen LogP contribution in [0.1, 0.15) is 32.3 Å². The summed E-state index contributed by atoms with van der Waals surface area (Å²) in [6.07, 6.45) is 1.97. The van der Waals surface area contributed by atoms with Crippen molar-refractivity contribution in [2.24, 2.45) is 3.21 Å². The van der Waals surface area contributed by atoms with Crippen molar-refractivity contribution < 1.29 is 9.13 Å². The second-order valence-electron chi connectivity index (χ2n) is 3.52. The van der Waals surface area contributed by atoms with Gasteiger partial charge in [0, 0.05) is 5.56 Å². The average Bonchev–Trinajstić information content (AvgIpc) is 2.31. The van der Waals surface area contributed by atoms with Crippen LogP contribution in [0.4, 0.5) is 4.39 Å². The highest BCUT2D eigenvalue weighted by Crippen LogP contribution is 2.20. The van der Waals surface area contributed by atoms with E-state index in [0.29, 0.717) is 12.4 Å². The lowest BCUT2D eigenvalue weighted by Gasteiger charge is -2.08. The number of halogens is 2. The number of ether oxygens (including phenoxy) is 1. The molecule has 0 aliphatic carbocycles. The van der Waals surface area contributed by atoms with Crippen LogP contribution >= 0.6 is 22.9 Å². The highest BCUT2D eigenvalue weighted by molar-refractivity contribution is 14.1. The molecule has 0 fully saturated rings. The van der Waals surface area contributed by atoms with Crippen LogP contribution in [0.3, 0.4) is 0 Å². The standard InChI is InChI=1S/C12H15FINO/c1-3-4-7-16-12-8-10(9(2)15-14)5-6-11(12)13/h5-6,8H,3-4,7H2,1-2H3. The zero-order valence-corrected chi connectivity index (χ0v) is 11.6. The van der Waals surface area contributed by atoms with Crippen molar-refractivity contribution in [2.45, 2.75) is 26.7 Å². The van der Waals surface area contributed by atoms with Gasteiger partial charge in [0.05, 0.1) is 35.2 Å². The van der Waals surface area contributed by atoms with Gasteiger partial charge in [0.25, 0.3) is 0 Å². The lowest BCUT2D eigenvalue weighted by Crippen LogP contribution is -2.01. The molecule has 0 aliphatic rings. The smallest absolute Gasteiger partial charge is 0.165 e. The number of nitrogens with zero attached hydrogens (tertiary/aromatic N) is 1. The molecule has 88 valence electrons. The van der Waals surface area contributed by atoms with Gasteiger partial charge in [0.15, 0.2) is 11.6 Å². The number of hydrogen-bond acceptors (Lipinski definition) is 2. The highest BCUT2D eigenvalue weighted by Gasteiger charge is 2.06. The fourth-order valence-electron chi connectivity index (χ4n) is 1.21. The SMILES string of the molecule is CCCCOc1cc(C(C)=NI)ccc1F. The van der Waals surface area contributed by atoms with E-state index < -0.39 is 0 Å². The van der Waals surface area contributed by atoms with Crippen LogP contribution in [0.15, 0.2) is 21.4 Å². The maximum atomic E-state index is 13.4. The molecule has 0 atom stereocenters. The fourth-order valence-corrected chi connectivity index (χ4v) is 1.49. The molecule has 0 amide bonds. The van der Waals surface area contributed by atoms with Gasteiger partial charge in [-0.1, -0.05) is 13.3 Å². The quantitative estimate of drug-likeness (QED) is 0.450. The molecule has 0 aromatic heterocycles. The predicted octanol–water partition coefficient (Wildman–Crippen LogP) is 4.16. The van der Waals surface area contributed by atoms with Crippen LogP contribution in [0.2, 0.25) is 0 Å². The summed E-state index contributed by atoms with van der Waals surface area (Å²) >= 11 is 1.93. The van der Waals surface area contributed by atoms with Crippen LogP contribution < -0.4 is 4.74 Å². The zero-order chi connectivity index (χ0) is 12.0. The molecule has 0 spiro atoms. The molecule has 0 aliphatic heterocycles. The summed E-state index contributed by atoms with van der Waals surface area (Å²) < 4.78 is 22.8. The second kappa shape index (κ2) is 6.83. The Morgan fingerprint density at radius 2 is 2.25 bits per heavy atom. The van der Waals surface area contributed by atoms with Gasteiger partial charge in [0.2, 0.25) is 0 Å². The molecule has 0 saturated heterocycles. The Morgan fingerprint density at radius 3 is 2.88 bits per heavy atom. The van der Waals surface area contributed by atoms with Gasteiger partial charge in [-0.25, -0.2) is 7.60 Å². The van der Waals surface area contributed by atoms with E-state index in [2.05, 4.69) is 10.1 Å². The molecule has 0 bridgehead atoms. The van der Waals surface area contributed by atoms with Gasteiger partial charge in [0.1, 0.15) is 0 Å². The molecule has 0 unspecified atom stereocenters. The van der Waals surface area contributed by atoms with E-state index in [9.17, 15) is 4.39 Å². The third kappa shape index (κ3) is 3.73. The predicted molar refractivity (Wildman–Crippen MR) is 73.0 cm³/mol. The molecule has 1 rings (SSSR count). The van der Waals surface area contributed by atoms with Crippen molar-refractivity contribution in [2.75, 3.05) is 6.61 Å². The van der Waals surface area contributed by atoms with Crippen LogP contribution in [0, 0.1) is 5.82 Å². The highest BCUT2D eigenvalue weighted by atomic mass is 127. The topological polar surface area (TPSA) is 21.6 Å². The summed E-state index contributed by atoms with van der Waals surface area (Å²) in [7, 11) is 0. The second-order valence-corrected chi connectivity index (χ2v) is 4.00. The number of rotatable bonds is 5. The Bertz CT molecular complexity index is 379. The van der Waals surface area contributed by atoms with Gasteiger partial charge in [-0.05, 0) is 31.5 Å². The fraction of sp³-hybridized carbons (Fsp3) is 0.417. The van der Waals surface area contributed by atoms with Crippen molar-refractivity contribution in [1.29, 1.82) is 0 Å². The number of hydrogen-bond donors (Lipinski definition) is 0. The van der Waals surface area contributed by atoms with Crippen molar-refractivity contribution in [3.8, 4) is 5.75 Å². The largest absolute Gasteiger partial charge is 0.490 e. The first-order valence-corrected chi connectivity index (χ1v) is 6.23. The Morgan fingerprint density at radius 1 is 1.50 bits per heavy atom. The van der Waals surface area contributed by atoms with Gasteiger partial charge < -0.3 is 4.74 Å². The molecule has 0 heterocycles. The first kappa shape index (κ1) is 13.4. The molecule has 2 nitrogen and oxygen atoms in total. The van der Waals surface area contributed by atoms with Crippen LogP contribution in [0.5, 0.6) is 5.75 Å². The normalized spacial score (nSPS) is 11.6. The summed E-state index contributed by atoms with van der Waals surface area (Å²) in [5.74, 6) is -0.00791. The van der Waals surface area contributed by atoms with Gasteiger partial charge >= 0.3 is 0 Å². The van der Waals surface area contributed by atoms with Gasteiger partial charge in [-0.15, -0.1) is 0 Å². The minimum Gasteiger partial charge on any atom is -0.490 e. The van der Waals surface area contributed by atoms with Crippen molar-refractivity contribution in [3.05, 3.63) is 29.6 Å². The molecule has 1 aromatic carbocycles. The maximum absolute atomic E-state index is 13.4. The molecular formula is C12H15FINO. The Balaban J connectivity index is 2.82. The van der Waals surface area contributed by atoms with Crippen molar-refractivity contribution in [1.82, 2.24) is 0 Å². The first-order valence-electron chi connectivity index (χ1n) is 5.27. The number of benzene rings is 1. The monoisotopic (exact) mass is 335 g/mol. The van der Waals surface area contributed by atoms with Crippen LogP contribution in [0.25, 0.3) is 0 Å².